The van der Waals surface area contributed by atoms with Crippen molar-refractivity contribution in [3.8, 4) is 0 Å². The molecule has 1 aliphatic carbocycles. The molecule has 2 aliphatic rings. The minimum Gasteiger partial charge on any atom is -0.404 e. The van der Waals surface area contributed by atoms with Gasteiger partial charge in [-0.05, 0) is 61.8 Å². The van der Waals surface area contributed by atoms with Crippen molar-refractivity contribution in [2.75, 3.05) is 6.61 Å². The maximum Gasteiger partial charge on any atom is 0.494 e. The van der Waals surface area contributed by atoms with Crippen LogP contribution in [-0.2, 0) is 16.4 Å². The van der Waals surface area contributed by atoms with Crippen molar-refractivity contribution < 1.29 is 18.5 Å². The van der Waals surface area contributed by atoms with E-state index in [1.54, 1.807) is 12.3 Å². The highest BCUT2D eigenvalue weighted by atomic mass is 19.1. The lowest BCUT2D eigenvalue weighted by molar-refractivity contribution is 0.103. The Morgan fingerprint density at radius 2 is 1.97 bits per heavy atom. The number of fused-ring (bicyclic) bond motifs is 1. The van der Waals surface area contributed by atoms with E-state index in [1.165, 1.54) is 6.07 Å². The molecule has 29 heavy (non-hydrogen) atoms. The predicted molar refractivity (Wildman–Crippen MR) is 111 cm³/mol. The van der Waals surface area contributed by atoms with Crippen LogP contribution in [0.2, 0.25) is 0 Å². The van der Waals surface area contributed by atoms with Gasteiger partial charge in [0.15, 0.2) is 5.78 Å². The van der Waals surface area contributed by atoms with E-state index in [-0.39, 0.29) is 16.9 Å². The summed E-state index contributed by atoms with van der Waals surface area (Å²) in [4.78, 5) is 13.2. The first-order valence-corrected chi connectivity index (χ1v) is 10.0. The van der Waals surface area contributed by atoms with Crippen LogP contribution < -0.4 is 5.46 Å². The predicted octanol–water partition coefficient (Wildman–Crippen LogP) is 3.95. The second-order valence-corrected chi connectivity index (χ2v) is 8.79. The fraction of sp³-hybridized carbons (Fsp3) is 0.348. The van der Waals surface area contributed by atoms with Crippen molar-refractivity contribution in [3.63, 3.8) is 0 Å². The molecule has 1 aromatic heterocycles. The first kappa shape index (κ1) is 18.6. The van der Waals surface area contributed by atoms with Gasteiger partial charge in [-0.3, -0.25) is 4.79 Å². The zero-order valence-electron chi connectivity index (χ0n) is 16.9. The molecule has 2 heterocycles. The largest absolute Gasteiger partial charge is 0.494 e. The number of aromatic nitrogens is 1. The Morgan fingerprint density at radius 1 is 1.17 bits per heavy atom. The van der Waals surface area contributed by atoms with Crippen LogP contribution >= 0.6 is 0 Å². The zero-order chi connectivity index (χ0) is 20.3. The second-order valence-electron chi connectivity index (χ2n) is 8.79. The molecule has 0 unspecified atom stereocenters. The minimum atomic E-state index is -0.466. The van der Waals surface area contributed by atoms with E-state index in [1.807, 2.05) is 49.7 Å². The average Bonchev–Trinajstić information content (AvgIpc) is 3.40. The monoisotopic (exact) mass is 391 g/mol. The SMILES string of the molecule is Cn1cc(C(=O)c2ccc(C3CC3)cc2F)c2cc(B3OCC(C)(C)O3)ccc21. The highest BCUT2D eigenvalue weighted by Crippen LogP contribution is 2.40. The number of carbonyl (C=O) groups is 1. The first-order chi connectivity index (χ1) is 13.8. The quantitative estimate of drug-likeness (QED) is 0.500. The molecule has 1 aliphatic heterocycles. The van der Waals surface area contributed by atoms with Gasteiger partial charge in [-0.25, -0.2) is 4.39 Å². The normalized spacial score (nSPS) is 18.6. The van der Waals surface area contributed by atoms with Crippen LogP contribution in [0, 0.1) is 5.82 Å². The Morgan fingerprint density at radius 3 is 2.62 bits per heavy atom. The van der Waals surface area contributed by atoms with Crippen LogP contribution in [0.1, 0.15) is 54.1 Å². The standard InChI is InChI=1S/C23H23BFNO3/c1-23(2)13-28-24(29-23)16-7-9-21-18(11-16)19(12-26(21)3)22(27)17-8-6-15(10-20(17)25)14-4-5-14/h6-12,14H,4-5,13H2,1-3H3. The number of halogens is 1. The summed E-state index contributed by atoms with van der Waals surface area (Å²) in [7, 11) is 1.42. The molecule has 1 saturated carbocycles. The van der Waals surface area contributed by atoms with Crippen molar-refractivity contribution >= 4 is 29.3 Å². The zero-order valence-corrected chi connectivity index (χ0v) is 16.9. The van der Waals surface area contributed by atoms with E-state index < -0.39 is 12.9 Å². The van der Waals surface area contributed by atoms with Gasteiger partial charge in [-0.2, -0.15) is 0 Å². The molecule has 1 saturated heterocycles. The van der Waals surface area contributed by atoms with Gasteiger partial charge in [0, 0.05) is 29.7 Å². The Labute approximate surface area is 169 Å². The summed E-state index contributed by atoms with van der Waals surface area (Å²) in [6.07, 6.45) is 3.97. The lowest BCUT2D eigenvalue weighted by Gasteiger charge is -2.15. The van der Waals surface area contributed by atoms with Gasteiger partial charge in [0.05, 0.1) is 17.8 Å². The molecule has 3 aromatic rings. The van der Waals surface area contributed by atoms with Gasteiger partial charge in [0.2, 0.25) is 0 Å². The van der Waals surface area contributed by atoms with Crippen LogP contribution in [0.25, 0.3) is 10.9 Å². The molecule has 0 radical (unpaired) electrons. The molecule has 2 aromatic carbocycles. The summed E-state index contributed by atoms with van der Waals surface area (Å²) in [5.74, 6) is -0.303. The number of carbonyl (C=O) groups excluding carboxylic acids is 1. The highest BCUT2D eigenvalue weighted by molar-refractivity contribution is 6.62. The van der Waals surface area contributed by atoms with Gasteiger partial charge in [-0.15, -0.1) is 0 Å². The Hall–Kier alpha value is -2.44. The van der Waals surface area contributed by atoms with E-state index in [4.69, 9.17) is 9.31 Å². The summed E-state index contributed by atoms with van der Waals surface area (Å²) in [5.41, 5.74) is 3.00. The summed E-state index contributed by atoms with van der Waals surface area (Å²) in [6, 6.07) is 10.8. The van der Waals surface area contributed by atoms with Crippen LogP contribution in [-0.4, -0.2) is 29.7 Å². The summed E-state index contributed by atoms with van der Waals surface area (Å²) >= 11 is 0. The van der Waals surface area contributed by atoms with Gasteiger partial charge in [0.1, 0.15) is 5.82 Å². The summed E-state index contributed by atoms with van der Waals surface area (Å²) in [5, 5.41) is 0.776. The van der Waals surface area contributed by atoms with E-state index in [0.717, 1.165) is 34.8 Å². The third-order valence-corrected chi connectivity index (χ3v) is 5.83. The molecular weight excluding hydrogens is 368 g/mol. The number of hydrogen-bond donors (Lipinski definition) is 0. The van der Waals surface area contributed by atoms with E-state index >= 15 is 0 Å². The lowest BCUT2D eigenvalue weighted by Crippen LogP contribution is -2.34. The van der Waals surface area contributed by atoms with Crippen LogP contribution in [0.4, 0.5) is 4.39 Å². The van der Waals surface area contributed by atoms with Gasteiger partial charge < -0.3 is 13.9 Å². The number of aryl methyl sites for hydroxylation is 1. The Bertz CT molecular complexity index is 1130. The Balaban J connectivity index is 1.54. The van der Waals surface area contributed by atoms with Crippen molar-refractivity contribution in [2.45, 2.75) is 38.2 Å². The summed E-state index contributed by atoms with van der Waals surface area (Å²) in [6.45, 7) is 4.48. The first-order valence-electron chi connectivity index (χ1n) is 10.0. The number of nitrogens with zero attached hydrogens (tertiary/aromatic N) is 1. The molecule has 0 amide bonds. The number of benzene rings is 2. The smallest absolute Gasteiger partial charge is 0.404 e. The van der Waals surface area contributed by atoms with Gasteiger partial charge in [-0.1, -0.05) is 18.2 Å². The van der Waals surface area contributed by atoms with E-state index in [2.05, 4.69) is 0 Å². The molecule has 0 spiro atoms. The average molecular weight is 391 g/mol. The van der Waals surface area contributed by atoms with Crippen LogP contribution in [0.5, 0.6) is 0 Å². The Kier molecular flexibility index (Phi) is 4.19. The third-order valence-electron chi connectivity index (χ3n) is 5.83. The number of ketones is 1. The maximum absolute atomic E-state index is 14.7. The topological polar surface area (TPSA) is 40.5 Å². The van der Waals surface area contributed by atoms with Crippen LogP contribution in [0.15, 0.2) is 42.6 Å². The molecule has 0 N–H and O–H groups in total. The van der Waals surface area contributed by atoms with Gasteiger partial charge in [0.25, 0.3) is 0 Å². The number of hydrogen-bond acceptors (Lipinski definition) is 3. The molecule has 0 bridgehead atoms. The fourth-order valence-corrected chi connectivity index (χ4v) is 4.07. The molecular formula is C23H23BFNO3. The molecule has 4 nitrogen and oxygen atoms in total. The van der Waals surface area contributed by atoms with E-state index in [0.29, 0.717) is 18.1 Å². The van der Waals surface area contributed by atoms with Crippen molar-refractivity contribution in [1.82, 2.24) is 4.57 Å². The second kappa shape index (κ2) is 6.54. The van der Waals surface area contributed by atoms with Crippen molar-refractivity contribution in [1.29, 1.82) is 0 Å². The molecule has 5 rings (SSSR count). The van der Waals surface area contributed by atoms with Gasteiger partial charge >= 0.3 is 7.12 Å². The highest BCUT2D eigenvalue weighted by Gasteiger charge is 2.38. The van der Waals surface area contributed by atoms with Crippen LogP contribution in [0.3, 0.4) is 0 Å². The third kappa shape index (κ3) is 3.30. The number of rotatable bonds is 4. The van der Waals surface area contributed by atoms with Crippen molar-refractivity contribution in [2.24, 2.45) is 7.05 Å². The fourth-order valence-electron chi connectivity index (χ4n) is 4.07. The maximum atomic E-state index is 14.7. The molecule has 2 fully saturated rings. The minimum absolute atomic E-state index is 0.113. The molecule has 0 atom stereocenters. The van der Waals surface area contributed by atoms with Crippen molar-refractivity contribution in [3.05, 3.63) is 65.1 Å². The van der Waals surface area contributed by atoms with E-state index in [9.17, 15) is 9.18 Å². The molecule has 148 valence electrons. The summed E-state index contributed by atoms with van der Waals surface area (Å²) < 4.78 is 28.4. The molecule has 6 heteroatoms. The lowest BCUT2D eigenvalue weighted by atomic mass is 9.78.